The first-order valence-corrected chi connectivity index (χ1v) is 12.6. The quantitative estimate of drug-likeness (QED) is 0.328. The number of thiophene rings is 1. The summed E-state index contributed by atoms with van der Waals surface area (Å²) in [5.41, 5.74) is 0.484. The predicted molar refractivity (Wildman–Crippen MR) is 135 cm³/mol. The number of carbonyl (C=O) groups excluding carboxylic acids is 2. The van der Waals surface area contributed by atoms with Gasteiger partial charge in [0, 0.05) is 33.9 Å². The summed E-state index contributed by atoms with van der Waals surface area (Å²) >= 11 is 8.66. The first kappa shape index (κ1) is 25.0. The molecule has 35 heavy (non-hydrogen) atoms. The van der Waals surface area contributed by atoms with Crippen molar-refractivity contribution in [3.8, 4) is 11.4 Å². The summed E-state index contributed by atoms with van der Waals surface area (Å²) < 4.78 is 17.3. The van der Waals surface area contributed by atoms with Crippen molar-refractivity contribution >= 4 is 51.8 Å². The second-order valence-electron chi connectivity index (χ2n) is 8.72. The van der Waals surface area contributed by atoms with Crippen LogP contribution in [0.2, 0.25) is 4.34 Å². The van der Waals surface area contributed by atoms with Crippen molar-refractivity contribution in [1.82, 2.24) is 19.3 Å². The van der Waals surface area contributed by atoms with Crippen LogP contribution in [0.4, 0.5) is 10.2 Å². The molecule has 0 spiro atoms. The number of ketones is 1. The maximum absolute atomic E-state index is 14.3. The molecule has 0 bridgehead atoms. The summed E-state index contributed by atoms with van der Waals surface area (Å²) in [5.74, 6) is -1.13. The first-order chi connectivity index (χ1) is 16.5. The van der Waals surface area contributed by atoms with E-state index < -0.39 is 22.6 Å². The van der Waals surface area contributed by atoms with Gasteiger partial charge in [-0.15, -0.1) is 22.7 Å². The van der Waals surface area contributed by atoms with Crippen LogP contribution in [0.3, 0.4) is 0 Å². The number of hydrogen-bond acceptors (Lipinski definition) is 8. The molecular weight excluding hydrogens is 513 g/mol. The molecule has 8 nitrogen and oxygen atoms in total. The van der Waals surface area contributed by atoms with Gasteiger partial charge in [-0.05, 0) is 12.1 Å². The molecule has 0 saturated carbocycles. The second kappa shape index (κ2) is 9.84. The van der Waals surface area contributed by atoms with Gasteiger partial charge in [0.05, 0.1) is 28.6 Å². The molecule has 1 N–H and O–H groups in total. The average Bonchev–Trinajstić information content (AvgIpc) is 3.53. The lowest BCUT2D eigenvalue weighted by molar-refractivity contribution is 0.0752. The van der Waals surface area contributed by atoms with Crippen molar-refractivity contribution in [2.24, 2.45) is 5.41 Å². The van der Waals surface area contributed by atoms with Crippen molar-refractivity contribution in [3.05, 3.63) is 72.3 Å². The minimum Gasteiger partial charge on any atom is -0.365 e. The molecule has 0 radical (unpaired) electrons. The largest absolute Gasteiger partial charge is 0.365 e. The molecule has 4 aromatic rings. The summed E-state index contributed by atoms with van der Waals surface area (Å²) in [5, 5.41) is 9.16. The molecule has 0 fully saturated rings. The number of nitrogens with one attached hydrogen (secondary N) is 1. The third-order valence-electron chi connectivity index (χ3n) is 4.99. The van der Waals surface area contributed by atoms with Crippen LogP contribution in [-0.2, 0) is 13.1 Å². The van der Waals surface area contributed by atoms with E-state index in [9.17, 15) is 18.8 Å². The Morgan fingerprint density at radius 1 is 1.20 bits per heavy atom. The molecule has 182 valence electrons. The third-order valence-corrected chi connectivity index (χ3v) is 6.81. The van der Waals surface area contributed by atoms with E-state index in [4.69, 9.17) is 11.6 Å². The van der Waals surface area contributed by atoms with E-state index in [0.717, 1.165) is 21.6 Å². The number of halogens is 2. The van der Waals surface area contributed by atoms with Gasteiger partial charge < -0.3 is 5.32 Å². The maximum atomic E-state index is 14.3. The molecule has 0 aliphatic carbocycles. The topological polar surface area (TPSA) is 98.9 Å². The monoisotopic (exact) mass is 533 g/mol. The van der Waals surface area contributed by atoms with E-state index in [1.165, 1.54) is 32.9 Å². The van der Waals surface area contributed by atoms with Crippen LogP contribution in [0.1, 0.15) is 40.9 Å². The third kappa shape index (κ3) is 5.58. The molecule has 0 aliphatic heterocycles. The second-order valence-corrected chi connectivity index (χ2v) is 11.2. The molecule has 0 atom stereocenters. The van der Waals surface area contributed by atoms with Crippen LogP contribution in [-0.4, -0.2) is 31.0 Å². The fraction of sp³-hybridized carbons (Fsp3) is 0.261. The fourth-order valence-corrected chi connectivity index (χ4v) is 4.83. The normalized spacial score (nSPS) is 11.6. The molecule has 0 saturated heterocycles. The Balaban J connectivity index is 1.77. The number of hydrogen-bond donors (Lipinski definition) is 1. The molecule has 0 amide bonds. The molecule has 0 aromatic carbocycles. The van der Waals surface area contributed by atoms with Gasteiger partial charge in [-0.3, -0.25) is 19.0 Å². The molecule has 0 aliphatic rings. The molecule has 4 aromatic heterocycles. The summed E-state index contributed by atoms with van der Waals surface area (Å²) in [6.07, 6.45) is 0. The number of pyridine rings is 1. The zero-order chi connectivity index (χ0) is 25.3. The summed E-state index contributed by atoms with van der Waals surface area (Å²) in [4.78, 5) is 43.4. The zero-order valence-electron chi connectivity index (χ0n) is 19.0. The minimum absolute atomic E-state index is 0.0706. The summed E-state index contributed by atoms with van der Waals surface area (Å²) in [6, 6.07) is 7.11. The Morgan fingerprint density at radius 2 is 1.97 bits per heavy atom. The minimum atomic E-state index is -0.776. The van der Waals surface area contributed by atoms with Crippen molar-refractivity contribution in [1.29, 1.82) is 0 Å². The Hall–Kier alpha value is -3.15. The maximum Gasteiger partial charge on any atom is 0.254 e. The van der Waals surface area contributed by atoms with Gasteiger partial charge >= 0.3 is 0 Å². The predicted octanol–water partition coefficient (Wildman–Crippen LogP) is 5.20. The van der Waals surface area contributed by atoms with Crippen LogP contribution < -0.4 is 10.9 Å². The number of nitrogens with zero attached hydrogens (tertiary/aromatic N) is 4. The summed E-state index contributed by atoms with van der Waals surface area (Å²) in [6.45, 7) is 5.28. The van der Waals surface area contributed by atoms with Gasteiger partial charge in [-0.1, -0.05) is 32.4 Å². The van der Waals surface area contributed by atoms with Crippen molar-refractivity contribution in [2.45, 2.75) is 33.9 Å². The van der Waals surface area contributed by atoms with Crippen LogP contribution in [0.15, 0.2) is 46.0 Å². The Kier molecular flexibility index (Phi) is 7.02. The Bertz CT molecular complexity index is 1450. The number of Topliss-reactive ketones (excluding diaryl/α,β-unsaturated/α-hetero) is 1. The number of anilines is 1. The Morgan fingerprint density at radius 3 is 2.60 bits per heavy atom. The van der Waals surface area contributed by atoms with Crippen LogP contribution in [0.5, 0.6) is 0 Å². The van der Waals surface area contributed by atoms with Gasteiger partial charge in [0.2, 0.25) is 5.78 Å². The van der Waals surface area contributed by atoms with E-state index >= 15 is 0 Å². The van der Waals surface area contributed by atoms with E-state index in [-0.39, 0.29) is 29.5 Å². The highest BCUT2D eigenvalue weighted by atomic mass is 35.5. The molecular formula is C23H21ClFN5O3S2. The SMILES string of the molecule is CC(C)(C)C(=O)n1nc(-c2cc(F)cc(=O)n2CC(=O)c2cscn2)cc1NCc1ccc(Cl)s1. The van der Waals surface area contributed by atoms with E-state index in [1.54, 1.807) is 38.3 Å². The van der Waals surface area contributed by atoms with E-state index in [1.807, 2.05) is 6.07 Å². The van der Waals surface area contributed by atoms with Gasteiger partial charge in [0.1, 0.15) is 23.0 Å². The first-order valence-electron chi connectivity index (χ1n) is 10.5. The standard InChI is InChI=1S/C23H21ClFN5O3S2/c1-23(2,3)22(33)30-20(26-9-14-4-5-19(24)35-14)8-15(28-30)17-6-13(25)7-21(32)29(17)10-18(31)16-11-34-12-27-16/h4-8,11-12,26H,9-10H2,1-3H3. The number of aromatic nitrogens is 4. The smallest absolute Gasteiger partial charge is 0.254 e. The lowest BCUT2D eigenvalue weighted by atomic mass is 9.96. The average molecular weight is 534 g/mol. The van der Waals surface area contributed by atoms with Gasteiger partial charge in [0.15, 0.2) is 0 Å². The van der Waals surface area contributed by atoms with E-state index in [2.05, 4.69) is 15.4 Å². The van der Waals surface area contributed by atoms with Crippen LogP contribution in [0, 0.1) is 11.2 Å². The van der Waals surface area contributed by atoms with E-state index in [0.29, 0.717) is 16.7 Å². The zero-order valence-corrected chi connectivity index (χ0v) is 21.4. The highest BCUT2D eigenvalue weighted by Crippen LogP contribution is 2.28. The lowest BCUT2D eigenvalue weighted by Gasteiger charge is -2.18. The van der Waals surface area contributed by atoms with Gasteiger partial charge in [-0.25, -0.2) is 9.37 Å². The van der Waals surface area contributed by atoms with Crippen molar-refractivity contribution in [3.63, 3.8) is 0 Å². The molecule has 4 rings (SSSR count). The number of carbonyl (C=O) groups is 2. The van der Waals surface area contributed by atoms with Crippen LogP contribution >= 0.6 is 34.3 Å². The van der Waals surface area contributed by atoms with Crippen LogP contribution in [0.25, 0.3) is 11.4 Å². The highest BCUT2D eigenvalue weighted by molar-refractivity contribution is 7.16. The summed E-state index contributed by atoms with van der Waals surface area (Å²) in [7, 11) is 0. The number of thiazole rings is 1. The molecule has 4 heterocycles. The number of rotatable bonds is 7. The molecule has 12 heteroatoms. The van der Waals surface area contributed by atoms with Crippen molar-refractivity contribution in [2.75, 3.05) is 5.32 Å². The van der Waals surface area contributed by atoms with Crippen molar-refractivity contribution < 1.29 is 14.0 Å². The Labute approximate surface area is 213 Å². The fourth-order valence-electron chi connectivity index (χ4n) is 3.24. The highest BCUT2D eigenvalue weighted by Gasteiger charge is 2.28. The van der Waals surface area contributed by atoms with Gasteiger partial charge in [0.25, 0.3) is 11.5 Å². The molecule has 0 unspecified atom stereocenters. The lowest BCUT2D eigenvalue weighted by Crippen LogP contribution is -2.29. The van der Waals surface area contributed by atoms with Gasteiger partial charge in [-0.2, -0.15) is 9.78 Å².